The summed E-state index contributed by atoms with van der Waals surface area (Å²) in [5.74, 6) is -1.04. The van der Waals surface area contributed by atoms with Gasteiger partial charge in [-0.1, -0.05) is 30.4 Å². The SMILES string of the molecule is C=CCN(CC=C)C(=O)C(C)NC(=O)C1CCCN(S(=O)(=O)c2ccccc2)C1. The third kappa shape index (κ3) is 5.77. The fourth-order valence-electron chi connectivity index (χ4n) is 3.35. The van der Waals surface area contributed by atoms with E-state index in [1.165, 1.54) is 9.21 Å². The molecule has 1 aliphatic rings. The number of nitrogens with zero attached hydrogens (tertiary/aromatic N) is 2. The van der Waals surface area contributed by atoms with Crippen molar-refractivity contribution in [3.63, 3.8) is 0 Å². The van der Waals surface area contributed by atoms with Gasteiger partial charge in [-0.15, -0.1) is 13.2 Å². The molecule has 2 rings (SSSR count). The Balaban J connectivity index is 2.03. The van der Waals surface area contributed by atoms with Crippen LogP contribution in [0.5, 0.6) is 0 Å². The average molecular weight is 420 g/mol. The molecule has 2 amide bonds. The van der Waals surface area contributed by atoms with Crippen molar-refractivity contribution in [2.45, 2.75) is 30.7 Å². The number of hydrogen-bond acceptors (Lipinski definition) is 4. The van der Waals surface area contributed by atoms with Crippen molar-refractivity contribution in [1.29, 1.82) is 0 Å². The molecule has 2 atom stereocenters. The molecular weight excluding hydrogens is 390 g/mol. The van der Waals surface area contributed by atoms with E-state index in [1.807, 2.05) is 0 Å². The van der Waals surface area contributed by atoms with Gasteiger partial charge < -0.3 is 10.2 Å². The first-order valence-corrected chi connectivity index (χ1v) is 11.1. The van der Waals surface area contributed by atoms with Crippen LogP contribution in [0, 0.1) is 5.92 Å². The quantitative estimate of drug-likeness (QED) is 0.619. The Bertz CT molecular complexity index is 829. The smallest absolute Gasteiger partial charge is 0.245 e. The summed E-state index contributed by atoms with van der Waals surface area (Å²) in [6, 6.07) is 7.48. The zero-order valence-corrected chi connectivity index (χ0v) is 17.6. The minimum Gasteiger partial charge on any atom is -0.344 e. The average Bonchev–Trinajstić information content (AvgIpc) is 2.73. The lowest BCUT2D eigenvalue weighted by atomic mass is 9.98. The van der Waals surface area contributed by atoms with Crippen LogP contribution in [0.4, 0.5) is 0 Å². The normalized spacial score (nSPS) is 18.4. The minimum absolute atomic E-state index is 0.104. The molecule has 0 aromatic heterocycles. The third-order valence-corrected chi connectivity index (χ3v) is 6.76. The monoisotopic (exact) mass is 419 g/mol. The van der Waals surface area contributed by atoms with Gasteiger partial charge in [-0.2, -0.15) is 4.31 Å². The molecule has 2 unspecified atom stereocenters. The van der Waals surface area contributed by atoms with E-state index in [2.05, 4.69) is 18.5 Å². The molecule has 0 spiro atoms. The molecule has 1 aromatic carbocycles. The van der Waals surface area contributed by atoms with Crippen LogP contribution in [-0.2, 0) is 19.6 Å². The summed E-state index contributed by atoms with van der Waals surface area (Å²) in [6.07, 6.45) is 4.40. The zero-order valence-electron chi connectivity index (χ0n) is 16.8. The summed E-state index contributed by atoms with van der Waals surface area (Å²) in [4.78, 5) is 27.0. The molecule has 158 valence electrons. The molecule has 0 aliphatic carbocycles. The Hall–Kier alpha value is -2.45. The van der Waals surface area contributed by atoms with E-state index in [0.29, 0.717) is 32.5 Å². The maximum absolute atomic E-state index is 12.8. The maximum atomic E-state index is 12.8. The molecule has 1 aliphatic heterocycles. The summed E-state index contributed by atoms with van der Waals surface area (Å²) < 4.78 is 27.0. The zero-order chi connectivity index (χ0) is 21.4. The standard InChI is InChI=1S/C21H29N3O4S/c1-4-13-23(14-5-2)21(26)17(3)22-20(25)18-10-9-15-24(16-18)29(27,28)19-11-7-6-8-12-19/h4-8,11-12,17-18H,1-2,9-10,13-16H2,3H3,(H,22,25). The fourth-order valence-corrected chi connectivity index (χ4v) is 4.89. The lowest BCUT2D eigenvalue weighted by molar-refractivity contribution is -0.136. The fraction of sp³-hybridized carbons (Fsp3) is 0.429. The Morgan fingerprint density at radius 3 is 2.45 bits per heavy atom. The van der Waals surface area contributed by atoms with Gasteiger partial charge in [0.1, 0.15) is 6.04 Å². The summed E-state index contributed by atoms with van der Waals surface area (Å²) in [7, 11) is -3.65. The van der Waals surface area contributed by atoms with Crippen molar-refractivity contribution in [2.24, 2.45) is 5.92 Å². The number of hydrogen-bond donors (Lipinski definition) is 1. The Morgan fingerprint density at radius 1 is 1.24 bits per heavy atom. The minimum atomic E-state index is -3.65. The molecule has 8 heteroatoms. The first-order valence-electron chi connectivity index (χ1n) is 9.67. The summed E-state index contributed by atoms with van der Waals surface area (Å²) >= 11 is 0. The van der Waals surface area contributed by atoms with E-state index in [9.17, 15) is 18.0 Å². The van der Waals surface area contributed by atoms with Crippen molar-refractivity contribution < 1.29 is 18.0 Å². The molecule has 0 radical (unpaired) electrons. The Labute approximate surface area is 173 Å². The Kier molecular flexibility index (Phi) is 8.16. The number of carbonyl (C=O) groups excluding carboxylic acids is 2. The van der Waals surface area contributed by atoms with Crippen LogP contribution in [0.25, 0.3) is 0 Å². The summed E-state index contributed by atoms with van der Waals surface area (Å²) in [6.45, 7) is 10.1. The number of piperidine rings is 1. The van der Waals surface area contributed by atoms with E-state index in [4.69, 9.17) is 0 Å². The number of rotatable bonds is 9. The lowest BCUT2D eigenvalue weighted by Crippen LogP contribution is -2.51. The highest BCUT2D eigenvalue weighted by Crippen LogP contribution is 2.24. The number of benzene rings is 1. The third-order valence-electron chi connectivity index (χ3n) is 4.88. The van der Waals surface area contributed by atoms with Crippen LogP contribution in [0.3, 0.4) is 0 Å². The van der Waals surface area contributed by atoms with E-state index in [0.717, 1.165) is 0 Å². The molecular formula is C21H29N3O4S. The molecule has 0 saturated carbocycles. The van der Waals surface area contributed by atoms with Crippen molar-refractivity contribution in [1.82, 2.24) is 14.5 Å². The van der Waals surface area contributed by atoms with Gasteiger partial charge in [0.15, 0.2) is 0 Å². The van der Waals surface area contributed by atoms with Crippen molar-refractivity contribution in [3.05, 3.63) is 55.6 Å². The van der Waals surface area contributed by atoms with Crippen LogP contribution in [0.1, 0.15) is 19.8 Å². The molecule has 1 heterocycles. The van der Waals surface area contributed by atoms with Crippen LogP contribution in [0.15, 0.2) is 60.5 Å². The van der Waals surface area contributed by atoms with Gasteiger partial charge in [0.2, 0.25) is 21.8 Å². The Morgan fingerprint density at radius 2 is 1.86 bits per heavy atom. The molecule has 29 heavy (non-hydrogen) atoms. The van der Waals surface area contributed by atoms with Gasteiger partial charge in [-0.3, -0.25) is 9.59 Å². The maximum Gasteiger partial charge on any atom is 0.245 e. The highest BCUT2D eigenvalue weighted by Gasteiger charge is 2.34. The molecule has 0 bridgehead atoms. The second-order valence-corrected chi connectivity index (χ2v) is 9.00. The van der Waals surface area contributed by atoms with Crippen molar-refractivity contribution in [3.8, 4) is 0 Å². The number of carbonyl (C=O) groups is 2. The van der Waals surface area contributed by atoms with Crippen LogP contribution in [0.2, 0.25) is 0 Å². The topological polar surface area (TPSA) is 86.8 Å². The van der Waals surface area contributed by atoms with Crippen LogP contribution >= 0.6 is 0 Å². The largest absolute Gasteiger partial charge is 0.344 e. The van der Waals surface area contributed by atoms with Crippen LogP contribution in [-0.4, -0.2) is 61.7 Å². The van der Waals surface area contributed by atoms with Gasteiger partial charge in [0.05, 0.1) is 10.8 Å². The van der Waals surface area contributed by atoms with Crippen LogP contribution < -0.4 is 5.32 Å². The molecule has 7 nitrogen and oxygen atoms in total. The molecule has 1 aromatic rings. The van der Waals surface area contributed by atoms with Gasteiger partial charge in [0.25, 0.3) is 0 Å². The van der Waals surface area contributed by atoms with E-state index < -0.39 is 22.0 Å². The van der Waals surface area contributed by atoms with E-state index in [1.54, 1.807) is 49.4 Å². The number of sulfonamides is 1. The first-order chi connectivity index (χ1) is 13.8. The molecule has 1 saturated heterocycles. The van der Waals surface area contributed by atoms with Gasteiger partial charge >= 0.3 is 0 Å². The highest BCUT2D eigenvalue weighted by molar-refractivity contribution is 7.89. The van der Waals surface area contributed by atoms with Gasteiger partial charge in [-0.25, -0.2) is 8.42 Å². The molecule has 1 fully saturated rings. The molecule has 1 N–H and O–H groups in total. The van der Waals surface area contributed by atoms with Crippen molar-refractivity contribution >= 4 is 21.8 Å². The van der Waals surface area contributed by atoms with Gasteiger partial charge in [-0.05, 0) is 31.9 Å². The van der Waals surface area contributed by atoms with Gasteiger partial charge in [0, 0.05) is 26.2 Å². The summed E-state index contributed by atoms with van der Waals surface area (Å²) in [5, 5.41) is 2.74. The van der Waals surface area contributed by atoms with E-state index in [-0.39, 0.29) is 23.3 Å². The summed E-state index contributed by atoms with van der Waals surface area (Å²) in [5.41, 5.74) is 0. The predicted molar refractivity (Wildman–Crippen MR) is 113 cm³/mol. The predicted octanol–water partition coefficient (Wildman–Crippen LogP) is 1.79. The number of amides is 2. The highest BCUT2D eigenvalue weighted by atomic mass is 32.2. The second-order valence-electron chi connectivity index (χ2n) is 7.07. The second kappa shape index (κ2) is 10.4. The van der Waals surface area contributed by atoms with E-state index >= 15 is 0 Å². The van der Waals surface area contributed by atoms with Crippen molar-refractivity contribution in [2.75, 3.05) is 26.2 Å². The lowest BCUT2D eigenvalue weighted by Gasteiger charge is -2.32. The number of nitrogens with one attached hydrogen (secondary N) is 1. The first kappa shape index (κ1) is 22.8.